The summed E-state index contributed by atoms with van der Waals surface area (Å²) < 4.78 is 2.15. The third-order valence-electron chi connectivity index (χ3n) is 2.67. The van der Waals surface area contributed by atoms with Crippen molar-refractivity contribution in [3.8, 4) is 0 Å². The Morgan fingerprint density at radius 3 is 3.06 bits per heavy atom. The first-order valence-corrected chi connectivity index (χ1v) is 6.38. The fourth-order valence-electron chi connectivity index (χ4n) is 1.79. The summed E-state index contributed by atoms with van der Waals surface area (Å²) >= 11 is 1.64. The van der Waals surface area contributed by atoms with Gasteiger partial charge in [0.1, 0.15) is 0 Å². The molecule has 5 nitrogen and oxygen atoms in total. The summed E-state index contributed by atoms with van der Waals surface area (Å²) in [5.41, 5.74) is 8.47. The minimum absolute atomic E-state index is 0.278. The average Bonchev–Trinajstić information content (AvgIpc) is 2.75. The van der Waals surface area contributed by atoms with Crippen molar-refractivity contribution in [2.75, 3.05) is 6.54 Å². The first-order valence-electron chi connectivity index (χ1n) is 5.50. The van der Waals surface area contributed by atoms with E-state index in [9.17, 15) is 4.79 Å². The highest BCUT2D eigenvalue weighted by Crippen LogP contribution is 2.20. The normalized spacial score (nSPS) is 11.2. The molecule has 0 atom stereocenters. The molecular formula is C11H16N4OS. The number of carbonyl (C=O) groups excluding carboxylic acids is 1. The van der Waals surface area contributed by atoms with Crippen molar-refractivity contribution in [1.29, 1.82) is 0 Å². The van der Waals surface area contributed by atoms with E-state index in [-0.39, 0.29) is 5.91 Å². The molecule has 0 aliphatic rings. The zero-order chi connectivity index (χ0) is 12.4. The van der Waals surface area contributed by atoms with Gasteiger partial charge in [0.25, 0.3) is 0 Å². The number of nitrogens with two attached hydrogens (primary N) is 1. The van der Waals surface area contributed by atoms with Crippen LogP contribution in [0.25, 0.3) is 4.96 Å². The number of carbonyl (C=O) groups is 1. The van der Waals surface area contributed by atoms with Crippen molar-refractivity contribution in [1.82, 2.24) is 14.7 Å². The van der Waals surface area contributed by atoms with Gasteiger partial charge in [-0.1, -0.05) is 0 Å². The first-order chi connectivity index (χ1) is 8.09. The van der Waals surface area contributed by atoms with Gasteiger partial charge in [0, 0.05) is 30.6 Å². The third kappa shape index (κ3) is 2.48. The van der Waals surface area contributed by atoms with Crippen molar-refractivity contribution < 1.29 is 4.79 Å². The molecule has 0 aromatic carbocycles. The quantitative estimate of drug-likeness (QED) is 0.779. The SMILES string of the molecule is Cc1nc2scc(C)n2c1CNCCC(N)=O. The van der Waals surface area contributed by atoms with Crippen LogP contribution in [0.3, 0.4) is 0 Å². The highest BCUT2D eigenvalue weighted by molar-refractivity contribution is 7.15. The number of thiazole rings is 1. The molecule has 17 heavy (non-hydrogen) atoms. The van der Waals surface area contributed by atoms with Gasteiger partial charge in [-0.15, -0.1) is 11.3 Å². The lowest BCUT2D eigenvalue weighted by Crippen LogP contribution is -2.22. The van der Waals surface area contributed by atoms with E-state index in [0.29, 0.717) is 19.5 Å². The second-order valence-corrected chi connectivity index (χ2v) is 4.87. The van der Waals surface area contributed by atoms with Gasteiger partial charge in [0.2, 0.25) is 5.91 Å². The van der Waals surface area contributed by atoms with Crippen LogP contribution < -0.4 is 11.1 Å². The molecule has 1 amide bonds. The summed E-state index contributed by atoms with van der Waals surface area (Å²) in [6.07, 6.45) is 0.365. The molecule has 2 aromatic rings. The summed E-state index contributed by atoms with van der Waals surface area (Å²) in [7, 11) is 0. The first kappa shape index (κ1) is 12.1. The van der Waals surface area contributed by atoms with Crippen molar-refractivity contribution >= 4 is 22.2 Å². The molecule has 0 fully saturated rings. The number of imidazole rings is 1. The fraction of sp³-hybridized carbons (Fsp3) is 0.455. The van der Waals surface area contributed by atoms with Gasteiger partial charge in [-0.05, 0) is 13.8 Å². The smallest absolute Gasteiger partial charge is 0.218 e. The van der Waals surface area contributed by atoms with Crippen LogP contribution in [0.2, 0.25) is 0 Å². The van der Waals surface area contributed by atoms with Crippen LogP contribution in [-0.2, 0) is 11.3 Å². The lowest BCUT2D eigenvalue weighted by Gasteiger charge is -2.04. The van der Waals surface area contributed by atoms with E-state index < -0.39 is 0 Å². The van der Waals surface area contributed by atoms with Gasteiger partial charge in [-0.25, -0.2) is 4.98 Å². The summed E-state index contributed by atoms with van der Waals surface area (Å²) in [6, 6.07) is 0. The highest BCUT2D eigenvalue weighted by atomic mass is 32.1. The summed E-state index contributed by atoms with van der Waals surface area (Å²) in [4.78, 5) is 16.1. The lowest BCUT2D eigenvalue weighted by molar-refractivity contribution is -0.117. The number of hydrogen-bond acceptors (Lipinski definition) is 4. The van der Waals surface area contributed by atoms with Gasteiger partial charge in [-0.2, -0.15) is 0 Å². The number of nitrogens with one attached hydrogen (secondary N) is 1. The Kier molecular flexibility index (Phi) is 3.44. The molecule has 0 radical (unpaired) electrons. The van der Waals surface area contributed by atoms with Crippen molar-refractivity contribution in [2.24, 2.45) is 5.73 Å². The topological polar surface area (TPSA) is 72.4 Å². The largest absolute Gasteiger partial charge is 0.370 e. The molecule has 2 rings (SSSR count). The Morgan fingerprint density at radius 2 is 2.35 bits per heavy atom. The Balaban J connectivity index is 2.09. The van der Waals surface area contributed by atoms with E-state index in [0.717, 1.165) is 16.3 Å². The van der Waals surface area contributed by atoms with Gasteiger partial charge < -0.3 is 11.1 Å². The molecule has 2 aromatic heterocycles. The minimum atomic E-state index is -0.278. The molecule has 92 valence electrons. The number of aryl methyl sites for hydroxylation is 2. The number of amides is 1. The summed E-state index contributed by atoms with van der Waals surface area (Å²) in [6.45, 7) is 5.38. The van der Waals surface area contributed by atoms with E-state index in [4.69, 9.17) is 5.73 Å². The van der Waals surface area contributed by atoms with E-state index >= 15 is 0 Å². The number of rotatable bonds is 5. The molecule has 0 bridgehead atoms. The maximum absolute atomic E-state index is 10.6. The Labute approximate surface area is 104 Å². The molecule has 0 unspecified atom stereocenters. The van der Waals surface area contributed by atoms with Crippen molar-refractivity contribution in [3.63, 3.8) is 0 Å². The molecule has 0 aliphatic heterocycles. The van der Waals surface area contributed by atoms with E-state index in [2.05, 4.69) is 27.0 Å². The van der Waals surface area contributed by atoms with Crippen LogP contribution >= 0.6 is 11.3 Å². The lowest BCUT2D eigenvalue weighted by atomic mass is 10.3. The predicted molar refractivity (Wildman–Crippen MR) is 68.1 cm³/mol. The number of fused-ring (bicyclic) bond motifs is 1. The van der Waals surface area contributed by atoms with Crippen LogP contribution in [-0.4, -0.2) is 21.8 Å². The number of primary amides is 1. The van der Waals surface area contributed by atoms with Crippen LogP contribution in [0.15, 0.2) is 5.38 Å². The summed E-state index contributed by atoms with van der Waals surface area (Å²) in [5.74, 6) is -0.278. The number of nitrogens with zero attached hydrogens (tertiary/aromatic N) is 2. The molecule has 0 aliphatic carbocycles. The monoisotopic (exact) mass is 252 g/mol. The minimum Gasteiger partial charge on any atom is -0.370 e. The van der Waals surface area contributed by atoms with Crippen LogP contribution in [0, 0.1) is 13.8 Å². The predicted octanol–water partition coefficient (Wildman–Crippen LogP) is 0.978. The zero-order valence-electron chi connectivity index (χ0n) is 9.99. The van der Waals surface area contributed by atoms with Gasteiger partial charge in [0.05, 0.1) is 11.4 Å². The van der Waals surface area contributed by atoms with Crippen molar-refractivity contribution in [3.05, 3.63) is 22.5 Å². The van der Waals surface area contributed by atoms with Crippen LogP contribution in [0.5, 0.6) is 0 Å². The Morgan fingerprint density at radius 1 is 1.59 bits per heavy atom. The molecule has 2 heterocycles. The fourth-order valence-corrected chi connectivity index (χ4v) is 2.72. The second kappa shape index (κ2) is 4.85. The molecule has 0 spiro atoms. The molecular weight excluding hydrogens is 236 g/mol. The van der Waals surface area contributed by atoms with E-state index in [1.807, 2.05) is 6.92 Å². The van der Waals surface area contributed by atoms with E-state index in [1.165, 1.54) is 5.69 Å². The Bertz CT molecular complexity index is 543. The van der Waals surface area contributed by atoms with Gasteiger partial charge in [-0.3, -0.25) is 9.20 Å². The molecule has 6 heteroatoms. The maximum Gasteiger partial charge on any atom is 0.218 e. The number of aromatic nitrogens is 2. The average molecular weight is 252 g/mol. The maximum atomic E-state index is 10.6. The standard InChI is InChI=1S/C11H16N4OS/c1-7-6-17-11-14-8(2)9(15(7)11)5-13-4-3-10(12)16/h6,13H,3-5H2,1-2H3,(H2,12,16). The third-order valence-corrected chi connectivity index (χ3v) is 3.61. The Hall–Kier alpha value is -1.40. The zero-order valence-corrected chi connectivity index (χ0v) is 10.8. The van der Waals surface area contributed by atoms with Crippen LogP contribution in [0.4, 0.5) is 0 Å². The molecule has 3 N–H and O–H groups in total. The van der Waals surface area contributed by atoms with Crippen molar-refractivity contribution in [2.45, 2.75) is 26.8 Å². The van der Waals surface area contributed by atoms with Gasteiger partial charge in [0.15, 0.2) is 4.96 Å². The van der Waals surface area contributed by atoms with E-state index in [1.54, 1.807) is 11.3 Å². The second-order valence-electron chi connectivity index (χ2n) is 4.03. The molecule has 0 saturated carbocycles. The van der Waals surface area contributed by atoms with Gasteiger partial charge >= 0.3 is 0 Å². The van der Waals surface area contributed by atoms with Crippen LogP contribution in [0.1, 0.15) is 23.5 Å². The highest BCUT2D eigenvalue weighted by Gasteiger charge is 2.11. The number of hydrogen-bond donors (Lipinski definition) is 2. The molecule has 0 saturated heterocycles. The summed E-state index contributed by atoms with van der Waals surface area (Å²) in [5, 5.41) is 5.30.